The van der Waals surface area contributed by atoms with Crippen molar-refractivity contribution in [3.8, 4) is 5.75 Å². The standard InChI is InChI=1S/C14H21NO3/c1-4-15-14(3,13(16)17)9-10-18-12-7-5-11(2)6-8-12/h5-8,15H,4,9-10H2,1-3H3,(H,16,17). The summed E-state index contributed by atoms with van der Waals surface area (Å²) in [4.78, 5) is 11.2. The molecule has 1 unspecified atom stereocenters. The molecular formula is C14H21NO3. The molecule has 0 aliphatic heterocycles. The quantitative estimate of drug-likeness (QED) is 0.780. The van der Waals surface area contributed by atoms with Crippen LogP contribution < -0.4 is 10.1 Å². The Morgan fingerprint density at radius 2 is 2.00 bits per heavy atom. The Bertz CT molecular complexity index is 389. The van der Waals surface area contributed by atoms with Crippen molar-refractivity contribution in [1.29, 1.82) is 0 Å². The van der Waals surface area contributed by atoms with Gasteiger partial charge in [-0.2, -0.15) is 0 Å². The molecule has 1 rings (SSSR count). The van der Waals surface area contributed by atoms with Gasteiger partial charge >= 0.3 is 5.97 Å². The Balaban J connectivity index is 2.48. The second-order valence-electron chi connectivity index (χ2n) is 4.58. The molecule has 1 atom stereocenters. The van der Waals surface area contributed by atoms with Gasteiger partial charge < -0.3 is 15.2 Å². The average molecular weight is 251 g/mol. The zero-order valence-corrected chi connectivity index (χ0v) is 11.2. The van der Waals surface area contributed by atoms with Crippen molar-refractivity contribution in [2.75, 3.05) is 13.2 Å². The highest BCUT2D eigenvalue weighted by molar-refractivity contribution is 5.78. The van der Waals surface area contributed by atoms with Gasteiger partial charge in [0.1, 0.15) is 11.3 Å². The van der Waals surface area contributed by atoms with Gasteiger partial charge in [0.25, 0.3) is 0 Å². The molecule has 18 heavy (non-hydrogen) atoms. The second-order valence-corrected chi connectivity index (χ2v) is 4.58. The molecule has 2 N–H and O–H groups in total. The predicted molar refractivity (Wildman–Crippen MR) is 71.0 cm³/mol. The number of carboxylic acids is 1. The molecule has 1 aromatic carbocycles. The minimum absolute atomic E-state index is 0.374. The number of aliphatic carboxylic acids is 1. The molecule has 0 aromatic heterocycles. The van der Waals surface area contributed by atoms with Crippen LogP contribution in [0.3, 0.4) is 0 Å². The van der Waals surface area contributed by atoms with Gasteiger partial charge in [-0.1, -0.05) is 24.6 Å². The molecule has 0 spiro atoms. The van der Waals surface area contributed by atoms with E-state index in [1.807, 2.05) is 38.1 Å². The number of rotatable bonds is 7. The van der Waals surface area contributed by atoms with Crippen molar-refractivity contribution in [1.82, 2.24) is 5.32 Å². The van der Waals surface area contributed by atoms with Gasteiger partial charge in [0.05, 0.1) is 6.61 Å². The molecule has 4 heteroatoms. The molecule has 0 fully saturated rings. The average Bonchev–Trinajstić information content (AvgIpc) is 2.32. The zero-order chi connectivity index (χ0) is 13.6. The topological polar surface area (TPSA) is 58.6 Å². The number of hydrogen-bond donors (Lipinski definition) is 2. The lowest BCUT2D eigenvalue weighted by molar-refractivity contribution is -0.144. The third-order valence-corrected chi connectivity index (χ3v) is 2.93. The smallest absolute Gasteiger partial charge is 0.323 e. The molecule has 4 nitrogen and oxygen atoms in total. The maximum absolute atomic E-state index is 11.2. The van der Waals surface area contributed by atoms with Crippen LogP contribution in [0.1, 0.15) is 25.8 Å². The summed E-state index contributed by atoms with van der Waals surface area (Å²) in [5, 5.41) is 12.2. The van der Waals surface area contributed by atoms with E-state index < -0.39 is 11.5 Å². The molecule has 0 aliphatic rings. The van der Waals surface area contributed by atoms with Gasteiger partial charge in [0.2, 0.25) is 0 Å². The SMILES string of the molecule is CCNC(C)(CCOc1ccc(C)cc1)C(=O)O. The number of ether oxygens (including phenoxy) is 1. The number of nitrogens with one attached hydrogen (secondary N) is 1. The summed E-state index contributed by atoms with van der Waals surface area (Å²) in [6, 6.07) is 7.72. The fourth-order valence-corrected chi connectivity index (χ4v) is 1.67. The first-order chi connectivity index (χ1) is 8.48. The Morgan fingerprint density at radius 3 is 2.50 bits per heavy atom. The van der Waals surface area contributed by atoms with E-state index in [-0.39, 0.29) is 0 Å². The summed E-state index contributed by atoms with van der Waals surface area (Å²) >= 11 is 0. The minimum atomic E-state index is -0.931. The molecule has 0 amide bonds. The van der Waals surface area contributed by atoms with Crippen LogP contribution in [0.25, 0.3) is 0 Å². The van der Waals surface area contributed by atoms with Crippen molar-refractivity contribution in [3.63, 3.8) is 0 Å². The van der Waals surface area contributed by atoms with Gasteiger partial charge in [-0.15, -0.1) is 0 Å². The van der Waals surface area contributed by atoms with E-state index in [0.717, 1.165) is 5.75 Å². The zero-order valence-electron chi connectivity index (χ0n) is 11.2. The number of likely N-dealkylation sites (N-methyl/N-ethyl adjacent to an activating group) is 1. The molecule has 100 valence electrons. The van der Waals surface area contributed by atoms with Crippen molar-refractivity contribution < 1.29 is 14.6 Å². The normalized spacial score (nSPS) is 13.9. The second kappa shape index (κ2) is 6.40. The molecule has 0 aliphatic carbocycles. The van der Waals surface area contributed by atoms with Crippen LogP contribution in [-0.2, 0) is 4.79 Å². The summed E-state index contributed by atoms with van der Waals surface area (Å²) in [7, 11) is 0. The van der Waals surface area contributed by atoms with Gasteiger partial charge in [-0.3, -0.25) is 4.79 Å². The third-order valence-electron chi connectivity index (χ3n) is 2.93. The van der Waals surface area contributed by atoms with Crippen LogP contribution in [0.15, 0.2) is 24.3 Å². The van der Waals surface area contributed by atoms with Gasteiger partial charge in [-0.05, 0) is 32.5 Å². The van der Waals surface area contributed by atoms with E-state index >= 15 is 0 Å². The minimum Gasteiger partial charge on any atom is -0.494 e. The predicted octanol–water partition coefficient (Wildman–Crippen LogP) is 2.22. The Morgan fingerprint density at radius 1 is 1.39 bits per heavy atom. The molecule has 0 saturated heterocycles. The van der Waals surface area contributed by atoms with E-state index in [1.165, 1.54) is 5.56 Å². The van der Waals surface area contributed by atoms with E-state index in [1.54, 1.807) is 6.92 Å². The highest BCUT2D eigenvalue weighted by Crippen LogP contribution is 2.14. The molecule has 0 saturated carbocycles. The largest absolute Gasteiger partial charge is 0.494 e. The summed E-state index contributed by atoms with van der Waals surface area (Å²) in [5.41, 5.74) is 0.241. The van der Waals surface area contributed by atoms with Gasteiger partial charge in [0.15, 0.2) is 0 Å². The van der Waals surface area contributed by atoms with E-state index in [0.29, 0.717) is 19.6 Å². The monoisotopic (exact) mass is 251 g/mol. The lowest BCUT2D eigenvalue weighted by atomic mass is 9.98. The lowest BCUT2D eigenvalue weighted by Crippen LogP contribution is -2.50. The first kappa shape index (κ1) is 14.5. The number of hydrogen-bond acceptors (Lipinski definition) is 3. The maximum Gasteiger partial charge on any atom is 0.323 e. The summed E-state index contributed by atoms with van der Waals surface area (Å²) in [5.74, 6) is -0.0818. The molecule has 0 heterocycles. The van der Waals surface area contributed by atoms with Crippen molar-refractivity contribution in [2.24, 2.45) is 0 Å². The first-order valence-corrected chi connectivity index (χ1v) is 6.16. The van der Waals surface area contributed by atoms with Crippen LogP contribution in [0.4, 0.5) is 0 Å². The Kier molecular flexibility index (Phi) is 5.16. The summed E-state index contributed by atoms with van der Waals surface area (Å²) < 4.78 is 5.55. The number of carboxylic acid groups (broad SMARTS) is 1. The van der Waals surface area contributed by atoms with Crippen LogP contribution in [0, 0.1) is 6.92 Å². The van der Waals surface area contributed by atoms with E-state index in [4.69, 9.17) is 4.74 Å². The molecule has 0 bridgehead atoms. The Labute approximate surface area is 108 Å². The van der Waals surface area contributed by atoms with Crippen LogP contribution in [0.5, 0.6) is 5.75 Å². The molecule has 0 radical (unpaired) electrons. The molecular weight excluding hydrogens is 230 g/mol. The number of benzene rings is 1. The fourth-order valence-electron chi connectivity index (χ4n) is 1.67. The van der Waals surface area contributed by atoms with Gasteiger partial charge in [-0.25, -0.2) is 0 Å². The Hall–Kier alpha value is -1.55. The van der Waals surface area contributed by atoms with Crippen molar-refractivity contribution in [2.45, 2.75) is 32.7 Å². The van der Waals surface area contributed by atoms with E-state index in [2.05, 4.69) is 5.32 Å². The summed E-state index contributed by atoms with van der Waals surface area (Å²) in [6.07, 6.45) is 0.421. The maximum atomic E-state index is 11.2. The third kappa shape index (κ3) is 4.04. The van der Waals surface area contributed by atoms with Crippen LogP contribution in [0.2, 0.25) is 0 Å². The van der Waals surface area contributed by atoms with Crippen molar-refractivity contribution in [3.05, 3.63) is 29.8 Å². The van der Waals surface area contributed by atoms with Crippen LogP contribution >= 0.6 is 0 Å². The number of aryl methyl sites for hydroxylation is 1. The first-order valence-electron chi connectivity index (χ1n) is 6.16. The highest BCUT2D eigenvalue weighted by atomic mass is 16.5. The van der Waals surface area contributed by atoms with Gasteiger partial charge in [0, 0.05) is 6.42 Å². The number of carbonyl (C=O) groups is 1. The lowest BCUT2D eigenvalue weighted by Gasteiger charge is -2.25. The fraction of sp³-hybridized carbons (Fsp3) is 0.500. The highest BCUT2D eigenvalue weighted by Gasteiger charge is 2.31. The van der Waals surface area contributed by atoms with Crippen molar-refractivity contribution >= 4 is 5.97 Å². The van der Waals surface area contributed by atoms with E-state index in [9.17, 15) is 9.90 Å². The summed E-state index contributed by atoms with van der Waals surface area (Å²) in [6.45, 7) is 6.57. The van der Waals surface area contributed by atoms with Crippen LogP contribution in [-0.4, -0.2) is 29.8 Å². The molecule has 1 aromatic rings.